The molecule has 0 bridgehead atoms. The molecule has 1 aromatic carbocycles. The molecule has 1 nitrogen and oxygen atoms in total. The van der Waals surface area contributed by atoms with Gasteiger partial charge in [0.2, 0.25) is 0 Å². The summed E-state index contributed by atoms with van der Waals surface area (Å²) in [6.07, 6.45) is 0. The smallest absolute Gasteiger partial charge is 0.0922 e. The first-order valence-corrected chi connectivity index (χ1v) is 5.29. The molecule has 0 radical (unpaired) electrons. The molecule has 14 heavy (non-hydrogen) atoms. The van der Waals surface area contributed by atoms with E-state index in [1.807, 2.05) is 0 Å². The Hall–Kier alpha value is -0.820. The van der Waals surface area contributed by atoms with Crippen molar-refractivity contribution in [3.63, 3.8) is 0 Å². The number of benzene rings is 1. The van der Waals surface area contributed by atoms with E-state index in [1.165, 1.54) is 5.56 Å². The zero-order chi connectivity index (χ0) is 10.8. The maximum atomic E-state index is 2.32. The molecule has 0 aromatic heterocycles. The Balaban J connectivity index is 2.81. The molecule has 2 unspecified atom stereocenters. The van der Waals surface area contributed by atoms with Crippen LogP contribution in [0.5, 0.6) is 0 Å². The van der Waals surface area contributed by atoms with Gasteiger partial charge >= 0.3 is 0 Å². The highest BCUT2D eigenvalue weighted by molar-refractivity contribution is 5.19. The Morgan fingerprint density at radius 2 is 1.43 bits per heavy atom. The fraction of sp³-hybridized carbons (Fsp3) is 0.538. The predicted molar refractivity (Wildman–Crippen MR) is 62.4 cm³/mol. The van der Waals surface area contributed by atoms with Crippen LogP contribution < -0.4 is 0 Å². The standard InChI is InChI=1S/C13H22N/c1-11(12(2)14(3,4)5)13-9-7-6-8-10-13/h6-12H,1-5H3/q+1. The van der Waals surface area contributed by atoms with Crippen LogP contribution in [0.1, 0.15) is 25.3 Å². The van der Waals surface area contributed by atoms with Crippen molar-refractivity contribution in [1.29, 1.82) is 0 Å². The van der Waals surface area contributed by atoms with Crippen molar-refractivity contribution in [3.05, 3.63) is 35.9 Å². The first-order valence-electron chi connectivity index (χ1n) is 5.29. The van der Waals surface area contributed by atoms with Crippen molar-refractivity contribution in [1.82, 2.24) is 0 Å². The Kier molecular flexibility index (Phi) is 3.33. The molecule has 0 spiro atoms. The van der Waals surface area contributed by atoms with Crippen LogP contribution >= 0.6 is 0 Å². The molecule has 0 amide bonds. The molecule has 1 heteroatoms. The summed E-state index contributed by atoms with van der Waals surface area (Å²) in [5, 5.41) is 0. The van der Waals surface area contributed by atoms with E-state index in [-0.39, 0.29) is 0 Å². The second-order valence-electron chi connectivity index (χ2n) is 5.06. The van der Waals surface area contributed by atoms with Gasteiger partial charge < -0.3 is 4.48 Å². The topological polar surface area (TPSA) is 0 Å². The lowest BCUT2D eigenvalue weighted by Crippen LogP contribution is -2.45. The Labute approximate surface area is 88.0 Å². The first-order chi connectivity index (χ1) is 6.43. The van der Waals surface area contributed by atoms with Crippen molar-refractivity contribution in [3.8, 4) is 0 Å². The van der Waals surface area contributed by atoms with E-state index in [1.54, 1.807) is 0 Å². The molecule has 0 saturated carbocycles. The van der Waals surface area contributed by atoms with Gasteiger partial charge in [-0.1, -0.05) is 37.3 Å². The molecule has 1 rings (SSSR count). The van der Waals surface area contributed by atoms with E-state index < -0.39 is 0 Å². The third kappa shape index (κ3) is 2.58. The van der Waals surface area contributed by atoms with E-state index in [0.29, 0.717) is 12.0 Å². The molecule has 0 aliphatic rings. The first kappa shape index (κ1) is 11.3. The van der Waals surface area contributed by atoms with Gasteiger partial charge in [-0.3, -0.25) is 0 Å². The van der Waals surface area contributed by atoms with E-state index in [0.717, 1.165) is 4.48 Å². The third-order valence-electron chi connectivity index (χ3n) is 3.27. The van der Waals surface area contributed by atoms with Crippen molar-refractivity contribution in [2.75, 3.05) is 21.1 Å². The van der Waals surface area contributed by atoms with E-state index in [9.17, 15) is 0 Å². The van der Waals surface area contributed by atoms with Crippen LogP contribution in [0, 0.1) is 0 Å². The van der Waals surface area contributed by atoms with Crippen LogP contribution in [-0.4, -0.2) is 31.7 Å². The van der Waals surface area contributed by atoms with E-state index in [4.69, 9.17) is 0 Å². The van der Waals surface area contributed by atoms with Gasteiger partial charge in [-0.2, -0.15) is 0 Å². The lowest BCUT2D eigenvalue weighted by molar-refractivity contribution is -0.895. The van der Waals surface area contributed by atoms with Gasteiger partial charge in [0.1, 0.15) is 0 Å². The maximum absolute atomic E-state index is 2.32. The van der Waals surface area contributed by atoms with Gasteiger partial charge in [0.15, 0.2) is 0 Å². The van der Waals surface area contributed by atoms with Gasteiger partial charge in [-0.05, 0) is 12.5 Å². The summed E-state index contributed by atoms with van der Waals surface area (Å²) in [5.41, 5.74) is 1.44. The van der Waals surface area contributed by atoms with Crippen LogP contribution in [0.15, 0.2) is 30.3 Å². The Morgan fingerprint density at radius 1 is 0.929 bits per heavy atom. The molecule has 2 atom stereocenters. The zero-order valence-electron chi connectivity index (χ0n) is 9.99. The average molecular weight is 192 g/mol. The number of quaternary nitrogens is 1. The summed E-state index contributed by atoms with van der Waals surface area (Å²) >= 11 is 0. The van der Waals surface area contributed by atoms with Crippen molar-refractivity contribution < 1.29 is 4.48 Å². The molecule has 78 valence electrons. The number of hydrogen-bond donors (Lipinski definition) is 0. The summed E-state index contributed by atoms with van der Waals surface area (Å²) in [7, 11) is 6.76. The number of nitrogens with zero attached hydrogens (tertiary/aromatic N) is 1. The van der Waals surface area contributed by atoms with Crippen LogP contribution in [-0.2, 0) is 0 Å². The van der Waals surface area contributed by atoms with Gasteiger partial charge in [0.25, 0.3) is 0 Å². The number of rotatable bonds is 3. The third-order valence-corrected chi connectivity index (χ3v) is 3.27. The second-order valence-corrected chi connectivity index (χ2v) is 5.06. The summed E-state index contributed by atoms with van der Waals surface area (Å²) < 4.78 is 1.01. The van der Waals surface area contributed by atoms with Crippen LogP contribution in [0.4, 0.5) is 0 Å². The summed E-state index contributed by atoms with van der Waals surface area (Å²) in [6, 6.07) is 11.4. The lowest BCUT2D eigenvalue weighted by Gasteiger charge is -2.35. The monoisotopic (exact) mass is 192 g/mol. The maximum Gasteiger partial charge on any atom is 0.0922 e. The van der Waals surface area contributed by atoms with Gasteiger partial charge in [-0.25, -0.2) is 0 Å². The SMILES string of the molecule is CC(c1ccccc1)C(C)[N+](C)(C)C. The highest BCUT2D eigenvalue weighted by atomic mass is 15.3. The van der Waals surface area contributed by atoms with E-state index >= 15 is 0 Å². The van der Waals surface area contributed by atoms with Crippen LogP contribution in [0.3, 0.4) is 0 Å². The summed E-state index contributed by atoms with van der Waals surface area (Å²) in [4.78, 5) is 0. The number of hydrogen-bond acceptors (Lipinski definition) is 0. The fourth-order valence-electron chi connectivity index (χ4n) is 1.71. The number of likely N-dealkylation sites (N-methyl/N-ethyl adjacent to an activating group) is 1. The highest BCUT2D eigenvalue weighted by Gasteiger charge is 2.25. The molecule has 0 saturated heterocycles. The zero-order valence-corrected chi connectivity index (χ0v) is 9.99. The molecular weight excluding hydrogens is 170 g/mol. The van der Waals surface area contributed by atoms with E-state index in [2.05, 4.69) is 65.3 Å². The minimum atomic E-state index is 0.608. The van der Waals surface area contributed by atoms with Crippen molar-refractivity contribution in [2.45, 2.75) is 25.8 Å². The quantitative estimate of drug-likeness (QED) is 0.646. The summed E-state index contributed by atoms with van der Waals surface area (Å²) in [5.74, 6) is 0.608. The molecule has 1 aromatic rings. The van der Waals surface area contributed by atoms with Gasteiger partial charge in [0, 0.05) is 5.92 Å². The normalized spacial score (nSPS) is 16.4. The fourth-order valence-corrected chi connectivity index (χ4v) is 1.71. The minimum absolute atomic E-state index is 0.608. The second kappa shape index (κ2) is 4.14. The molecule has 0 fully saturated rings. The van der Waals surface area contributed by atoms with Crippen molar-refractivity contribution >= 4 is 0 Å². The Bertz CT molecular complexity index is 271. The molecular formula is C13H22N+. The molecule has 0 aliphatic heterocycles. The van der Waals surface area contributed by atoms with Crippen LogP contribution in [0.2, 0.25) is 0 Å². The minimum Gasteiger partial charge on any atom is -0.328 e. The van der Waals surface area contributed by atoms with Crippen LogP contribution in [0.25, 0.3) is 0 Å². The summed E-state index contributed by atoms with van der Waals surface area (Å²) in [6.45, 7) is 4.63. The molecule has 0 heterocycles. The average Bonchev–Trinajstić information content (AvgIpc) is 2.15. The highest BCUT2D eigenvalue weighted by Crippen LogP contribution is 2.23. The molecule has 0 N–H and O–H groups in total. The van der Waals surface area contributed by atoms with Gasteiger partial charge in [0.05, 0.1) is 27.2 Å². The van der Waals surface area contributed by atoms with Crippen molar-refractivity contribution in [2.24, 2.45) is 0 Å². The predicted octanol–water partition coefficient (Wildman–Crippen LogP) is 2.88. The Morgan fingerprint density at radius 3 is 1.86 bits per heavy atom. The van der Waals surface area contributed by atoms with Gasteiger partial charge in [-0.15, -0.1) is 0 Å². The molecule has 0 aliphatic carbocycles. The largest absolute Gasteiger partial charge is 0.328 e. The lowest BCUT2D eigenvalue weighted by atomic mass is 9.93.